The van der Waals surface area contributed by atoms with Gasteiger partial charge in [-0.1, -0.05) is 48.0 Å². The lowest BCUT2D eigenvalue weighted by molar-refractivity contribution is -0.160. The monoisotopic (exact) mass is 370 g/mol. The van der Waals surface area contributed by atoms with Crippen LogP contribution in [0, 0.1) is 12.7 Å². The summed E-state index contributed by atoms with van der Waals surface area (Å²) in [5, 5.41) is 11.0. The number of aliphatic hydroxyl groups is 1. The number of carbonyl (C=O) groups excluding carboxylic acids is 1. The molecule has 1 amide bonds. The van der Waals surface area contributed by atoms with Crippen LogP contribution in [0.2, 0.25) is 0 Å². The topological polar surface area (TPSA) is 43.8 Å². The van der Waals surface area contributed by atoms with Gasteiger partial charge in [0.1, 0.15) is 5.82 Å². The van der Waals surface area contributed by atoms with Crippen LogP contribution in [-0.4, -0.2) is 46.6 Å². The van der Waals surface area contributed by atoms with Gasteiger partial charge in [-0.25, -0.2) is 4.39 Å². The van der Waals surface area contributed by atoms with Gasteiger partial charge in [0.2, 0.25) is 0 Å². The summed E-state index contributed by atoms with van der Waals surface area (Å²) in [6.07, 6.45) is 1.13. The number of nitrogens with zero attached hydrogens (tertiary/aromatic N) is 2. The first kappa shape index (κ1) is 19.5. The van der Waals surface area contributed by atoms with E-state index in [4.69, 9.17) is 0 Å². The van der Waals surface area contributed by atoms with Crippen molar-refractivity contribution in [2.45, 2.75) is 38.5 Å². The number of likely N-dealkylation sites (tertiary alicyclic amines) is 1. The first-order valence-corrected chi connectivity index (χ1v) is 9.37. The van der Waals surface area contributed by atoms with E-state index < -0.39 is 5.60 Å². The Hall–Kier alpha value is -2.24. The Kier molecular flexibility index (Phi) is 5.92. The summed E-state index contributed by atoms with van der Waals surface area (Å²) in [4.78, 5) is 16.5. The zero-order chi connectivity index (χ0) is 19.4. The number of hydrogen-bond donors (Lipinski definition) is 1. The molecule has 0 aromatic heterocycles. The summed E-state index contributed by atoms with van der Waals surface area (Å²) in [6.45, 7) is 3.68. The van der Waals surface area contributed by atoms with Crippen molar-refractivity contribution in [3.63, 3.8) is 0 Å². The maximum atomic E-state index is 13.9. The van der Waals surface area contributed by atoms with Crippen LogP contribution in [0.4, 0.5) is 4.39 Å². The number of aryl methyl sites for hydroxylation is 1. The van der Waals surface area contributed by atoms with Crippen molar-refractivity contribution in [3.8, 4) is 0 Å². The fraction of sp³-hybridized carbons (Fsp3) is 0.409. The van der Waals surface area contributed by atoms with Crippen LogP contribution in [0.1, 0.15) is 29.5 Å². The van der Waals surface area contributed by atoms with Crippen molar-refractivity contribution in [2.75, 3.05) is 20.1 Å². The van der Waals surface area contributed by atoms with Gasteiger partial charge in [-0.3, -0.25) is 9.69 Å². The second-order valence-corrected chi connectivity index (χ2v) is 7.61. The molecule has 1 N–H and O–H groups in total. The third-order valence-electron chi connectivity index (χ3n) is 5.13. The van der Waals surface area contributed by atoms with E-state index in [-0.39, 0.29) is 24.8 Å². The van der Waals surface area contributed by atoms with Gasteiger partial charge in [0.15, 0.2) is 5.60 Å². The second-order valence-electron chi connectivity index (χ2n) is 7.61. The van der Waals surface area contributed by atoms with Crippen molar-refractivity contribution in [3.05, 3.63) is 71.0 Å². The largest absolute Gasteiger partial charge is 0.379 e. The van der Waals surface area contributed by atoms with Gasteiger partial charge >= 0.3 is 0 Å². The Labute approximate surface area is 160 Å². The van der Waals surface area contributed by atoms with Crippen LogP contribution in [0.3, 0.4) is 0 Å². The van der Waals surface area contributed by atoms with Crippen molar-refractivity contribution in [1.82, 2.24) is 9.80 Å². The van der Waals surface area contributed by atoms with E-state index in [0.717, 1.165) is 5.56 Å². The lowest BCUT2D eigenvalue weighted by atomic mass is 9.90. The van der Waals surface area contributed by atoms with Gasteiger partial charge in [-0.05, 0) is 38.4 Å². The number of halogens is 1. The normalized spacial score (nSPS) is 20.3. The molecule has 2 aromatic rings. The molecule has 0 saturated carbocycles. The van der Waals surface area contributed by atoms with Gasteiger partial charge in [-0.15, -0.1) is 0 Å². The molecule has 0 aliphatic carbocycles. The lowest BCUT2D eigenvalue weighted by Gasteiger charge is -2.40. The molecule has 1 fully saturated rings. The van der Waals surface area contributed by atoms with Crippen LogP contribution in [-0.2, 0) is 17.9 Å². The van der Waals surface area contributed by atoms with Gasteiger partial charge < -0.3 is 10.0 Å². The molecule has 1 atom stereocenters. The molecule has 1 unspecified atom stereocenters. The number of piperidine rings is 1. The Bertz CT molecular complexity index is 793. The van der Waals surface area contributed by atoms with Gasteiger partial charge in [-0.2, -0.15) is 0 Å². The molecule has 2 aromatic carbocycles. The summed E-state index contributed by atoms with van der Waals surface area (Å²) < 4.78 is 13.9. The number of amides is 1. The smallest absolute Gasteiger partial charge is 0.256 e. The summed E-state index contributed by atoms with van der Waals surface area (Å²) in [7, 11) is 1.90. The van der Waals surface area contributed by atoms with E-state index in [0.29, 0.717) is 31.5 Å². The fourth-order valence-corrected chi connectivity index (χ4v) is 3.70. The first-order valence-electron chi connectivity index (χ1n) is 9.37. The van der Waals surface area contributed by atoms with Gasteiger partial charge in [0.05, 0.1) is 0 Å². The minimum absolute atomic E-state index is 0.190. The van der Waals surface area contributed by atoms with Crippen LogP contribution < -0.4 is 0 Å². The average Bonchev–Trinajstić information content (AvgIpc) is 2.63. The molecule has 1 aliphatic rings. The molecule has 1 aliphatic heterocycles. The minimum Gasteiger partial charge on any atom is -0.379 e. The molecular weight excluding hydrogens is 343 g/mol. The Balaban J connectivity index is 1.65. The Morgan fingerprint density at radius 3 is 2.59 bits per heavy atom. The molecule has 144 valence electrons. The quantitative estimate of drug-likeness (QED) is 0.850. The van der Waals surface area contributed by atoms with E-state index in [1.54, 1.807) is 23.1 Å². The van der Waals surface area contributed by atoms with Crippen LogP contribution >= 0.6 is 0 Å². The Morgan fingerprint density at radius 1 is 1.19 bits per heavy atom. The highest BCUT2D eigenvalue weighted by Crippen LogP contribution is 2.26. The molecule has 27 heavy (non-hydrogen) atoms. The van der Waals surface area contributed by atoms with Crippen molar-refractivity contribution in [2.24, 2.45) is 0 Å². The zero-order valence-corrected chi connectivity index (χ0v) is 16.0. The SMILES string of the molecule is Cc1ccc(CN(C)CC2(O)CCCN(Cc3ccccc3F)C2=O)cc1. The Morgan fingerprint density at radius 2 is 1.89 bits per heavy atom. The van der Waals surface area contributed by atoms with Crippen LogP contribution in [0.25, 0.3) is 0 Å². The molecular formula is C22H27FN2O2. The molecule has 1 saturated heterocycles. The maximum Gasteiger partial charge on any atom is 0.256 e. The molecule has 5 heteroatoms. The highest BCUT2D eigenvalue weighted by atomic mass is 19.1. The van der Waals surface area contributed by atoms with Crippen molar-refractivity contribution >= 4 is 5.91 Å². The fourth-order valence-electron chi connectivity index (χ4n) is 3.70. The zero-order valence-electron chi connectivity index (χ0n) is 16.0. The van der Waals surface area contributed by atoms with E-state index in [1.807, 2.05) is 18.9 Å². The third kappa shape index (κ3) is 4.73. The lowest BCUT2D eigenvalue weighted by Crippen LogP contribution is -2.57. The van der Waals surface area contributed by atoms with Crippen molar-refractivity contribution in [1.29, 1.82) is 0 Å². The van der Waals surface area contributed by atoms with E-state index in [1.165, 1.54) is 11.6 Å². The summed E-state index contributed by atoms with van der Waals surface area (Å²) in [6, 6.07) is 14.7. The third-order valence-corrected chi connectivity index (χ3v) is 5.13. The van der Waals surface area contributed by atoms with E-state index >= 15 is 0 Å². The average molecular weight is 370 g/mol. The number of benzene rings is 2. The number of carbonyl (C=O) groups is 1. The van der Waals surface area contributed by atoms with Gasteiger partial charge in [0, 0.05) is 31.7 Å². The summed E-state index contributed by atoms with van der Waals surface area (Å²) in [5.41, 5.74) is 1.38. The van der Waals surface area contributed by atoms with Gasteiger partial charge in [0.25, 0.3) is 5.91 Å². The molecule has 4 nitrogen and oxygen atoms in total. The number of likely N-dealkylation sites (N-methyl/N-ethyl adjacent to an activating group) is 1. The first-order chi connectivity index (χ1) is 12.9. The number of hydrogen-bond acceptors (Lipinski definition) is 3. The molecule has 0 radical (unpaired) electrons. The molecule has 0 bridgehead atoms. The highest BCUT2D eigenvalue weighted by molar-refractivity contribution is 5.86. The number of rotatable bonds is 6. The molecule has 1 heterocycles. The van der Waals surface area contributed by atoms with E-state index in [2.05, 4.69) is 24.3 Å². The highest BCUT2D eigenvalue weighted by Gasteiger charge is 2.42. The summed E-state index contributed by atoms with van der Waals surface area (Å²) in [5.74, 6) is -0.635. The summed E-state index contributed by atoms with van der Waals surface area (Å²) >= 11 is 0. The predicted octanol–water partition coefficient (Wildman–Crippen LogP) is 3.12. The van der Waals surface area contributed by atoms with E-state index in [9.17, 15) is 14.3 Å². The van der Waals surface area contributed by atoms with Crippen molar-refractivity contribution < 1.29 is 14.3 Å². The second kappa shape index (κ2) is 8.19. The van der Waals surface area contributed by atoms with Crippen LogP contribution in [0.5, 0.6) is 0 Å². The molecule has 0 spiro atoms. The predicted molar refractivity (Wildman–Crippen MR) is 104 cm³/mol. The molecule has 3 rings (SSSR count). The minimum atomic E-state index is -1.43. The maximum absolute atomic E-state index is 13.9. The standard InChI is InChI=1S/C22H27FN2O2/c1-17-8-10-18(11-9-17)14-24(2)16-22(27)12-5-13-25(21(22)26)15-19-6-3-4-7-20(19)23/h3-4,6-11,27H,5,12-16H2,1-2H3. The van der Waals surface area contributed by atoms with Crippen LogP contribution in [0.15, 0.2) is 48.5 Å².